The van der Waals surface area contributed by atoms with Crippen LogP contribution >= 0.6 is 0 Å². The van der Waals surface area contributed by atoms with Crippen molar-refractivity contribution in [3.8, 4) is 5.75 Å². The molecule has 4 nitrogen and oxygen atoms in total. The van der Waals surface area contributed by atoms with E-state index in [1.54, 1.807) is 7.11 Å². The van der Waals surface area contributed by atoms with Crippen LogP contribution in [0.25, 0.3) is 0 Å². The number of carbonyl (C=O) groups is 1. The van der Waals surface area contributed by atoms with Gasteiger partial charge in [-0.25, -0.2) is 0 Å². The topological polar surface area (TPSA) is 61.5 Å². The fourth-order valence-electron chi connectivity index (χ4n) is 1.98. The summed E-state index contributed by atoms with van der Waals surface area (Å²) in [7, 11) is 3.03. The Labute approximate surface area is 114 Å². The second-order valence-corrected chi connectivity index (χ2v) is 4.90. The zero-order valence-corrected chi connectivity index (χ0v) is 12.1. The molecule has 19 heavy (non-hydrogen) atoms. The summed E-state index contributed by atoms with van der Waals surface area (Å²) in [5.41, 5.74) is 8.06. The smallest absolute Gasteiger partial charge is 0.322 e. The Morgan fingerprint density at radius 1 is 1.32 bits per heavy atom. The Balaban J connectivity index is 2.75. The second kappa shape index (κ2) is 7.14. The first-order chi connectivity index (χ1) is 8.99. The van der Waals surface area contributed by atoms with Crippen LogP contribution in [0.2, 0.25) is 0 Å². The summed E-state index contributed by atoms with van der Waals surface area (Å²) in [6.07, 6.45) is 1.33. The molecule has 0 aliphatic rings. The Kier molecular flexibility index (Phi) is 5.83. The van der Waals surface area contributed by atoms with Crippen LogP contribution in [0.4, 0.5) is 0 Å². The number of carbonyl (C=O) groups excluding carboxylic acids is 1. The first kappa shape index (κ1) is 15.5. The lowest BCUT2D eigenvalue weighted by Crippen LogP contribution is -2.31. The molecule has 0 saturated heterocycles. The zero-order valence-electron chi connectivity index (χ0n) is 12.1. The molecule has 0 aliphatic heterocycles. The highest BCUT2D eigenvalue weighted by atomic mass is 16.5. The quantitative estimate of drug-likeness (QED) is 0.801. The molecule has 1 unspecified atom stereocenters. The van der Waals surface area contributed by atoms with E-state index in [0.29, 0.717) is 12.3 Å². The van der Waals surface area contributed by atoms with Crippen LogP contribution in [-0.2, 0) is 16.0 Å². The molecule has 4 heteroatoms. The van der Waals surface area contributed by atoms with Crippen LogP contribution in [0.5, 0.6) is 5.75 Å². The first-order valence-corrected chi connectivity index (χ1v) is 6.49. The number of hydrogen-bond donors (Lipinski definition) is 1. The molecule has 1 rings (SSSR count). The molecular formula is C15H23NO3. The minimum atomic E-state index is -0.561. The number of rotatable bonds is 6. The summed E-state index contributed by atoms with van der Waals surface area (Å²) in [5, 5.41) is 0. The summed E-state index contributed by atoms with van der Waals surface area (Å²) in [4.78, 5) is 11.2. The van der Waals surface area contributed by atoms with Crippen molar-refractivity contribution >= 4 is 5.97 Å². The van der Waals surface area contributed by atoms with Crippen LogP contribution in [0, 0.1) is 0 Å². The lowest BCUT2D eigenvalue weighted by molar-refractivity contribution is -0.142. The van der Waals surface area contributed by atoms with Crippen molar-refractivity contribution in [2.45, 2.75) is 38.6 Å². The highest BCUT2D eigenvalue weighted by Gasteiger charge is 2.14. The fourth-order valence-corrected chi connectivity index (χ4v) is 1.98. The number of aryl methyl sites for hydroxylation is 1. The van der Waals surface area contributed by atoms with Gasteiger partial charge >= 0.3 is 5.97 Å². The normalized spacial score (nSPS) is 12.3. The lowest BCUT2D eigenvalue weighted by atomic mass is 9.97. The van der Waals surface area contributed by atoms with E-state index in [2.05, 4.69) is 24.7 Å². The number of benzene rings is 1. The maximum absolute atomic E-state index is 11.2. The molecule has 1 aromatic rings. The van der Waals surface area contributed by atoms with Crippen molar-refractivity contribution in [3.05, 3.63) is 29.3 Å². The van der Waals surface area contributed by atoms with Gasteiger partial charge in [0.15, 0.2) is 0 Å². The summed E-state index contributed by atoms with van der Waals surface area (Å²) >= 11 is 0. The third-order valence-electron chi connectivity index (χ3n) is 3.16. The van der Waals surface area contributed by atoms with E-state index in [1.165, 1.54) is 12.7 Å². The van der Waals surface area contributed by atoms with Gasteiger partial charge in [-0.15, -0.1) is 0 Å². The highest BCUT2D eigenvalue weighted by Crippen LogP contribution is 2.27. The largest absolute Gasteiger partial charge is 0.496 e. The minimum absolute atomic E-state index is 0.363. The maximum atomic E-state index is 11.2. The Morgan fingerprint density at radius 2 is 2.00 bits per heavy atom. The standard InChI is InChI=1S/C15H23NO3/c1-10(2)12-9-11(6-8-14(12)18-3)5-7-13(16)15(17)19-4/h6,8-10,13H,5,7,16H2,1-4H3. The van der Waals surface area contributed by atoms with Crippen molar-refractivity contribution in [1.82, 2.24) is 0 Å². The second-order valence-electron chi connectivity index (χ2n) is 4.90. The van der Waals surface area contributed by atoms with E-state index in [-0.39, 0.29) is 5.97 Å². The number of esters is 1. The van der Waals surface area contributed by atoms with E-state index in [0.717, 1.165) is 17.7 Å². The number of hydrogen-bond acceptors (Lipinski definition) is 4. The summed E-state index contributed by atoms with van der Waals surface area (Å²) < 4.78 is 9.96. The predicted molar refractivity (Wildman–Crippen MR) is 75.4 cm³/mol. The molecule has 0 aliphatic carbocycles. The maximum Gasteiger partial charge on any atom is 0.322 e. The molecule has 106 valence electrons. The van der Waals surface area contributed by atoms with Gasteiger partial charge in [-0.1, -0.05) is 26.0 Å². The number of methoxy groups -OCH3 is 2. The van der Waals surface area contributed by atoms with E-state index < -0.39 is 6.04 Å². The van der Waals surface area contributed by atoms with E-state index in [1.807, 2.05) is 12.1 Å². The molecule has 0 bridgehead atoms. The van der Waals surface area contributed by atoms with Crippen molar-refractivity contribution in [3.63, 3.8) is 0 Å². The van der Waals surface area contributed by atoms with Crippen LogP contribution in [0.3, 0.4) is 0 Å². The van der Waals surface area contributed by atoms with E-state index >= 15 is 0 Å². The van der Waals surface area contributed by atoms with Crippen LogP contribution in [-0.4, -0.2) is 26.2 Å². The van der Waals surface area contributed by atoms with Gasteiger partial charge in [0.25, 0.3) is 0 Å². The van der Waals surface area contributed by atoms with Crippen molar-refractivity contribution < 1.29 is 14.3 Å². The van der Waals surface area contributed by atoms with Gasteiger partial charge in [-0.2, -0.15) is 0 Å². The third kappa shape index (κ3) is 4.24. The number of nitrogens with two attached hydrogens (primary N) is 1. The third-order valence-corrected chi connectivity index (χ3v) is 3.16. The molecule has 1 aromatic carbocycles. The summed E-state index contributed by atoms with van der Waals surface area (Å²) in [6.45, 7) is 4.25. The van der Waals surface area contributed by atoms with E-state index in [4.69, 9.17) is 10.5 Å². The monoisotopic (exact) mass is 265 g/mol. The molecule has 0 fully saturated rings. The lowest BCUT2D eigenvalue weighted by Gasteiger charge is -2.14. The van der Waals surface area contributed by atoms with E-state index in [9.17, 15) is 4.79 Å². The Morgan fingerprint density at radius 3 is 2.53 bits per heavy atom. The fraction of sp³-hybridized carbons (Fsp3) is 0.533. The number of ether oxygens (including phenoxy) is 2. The van der Waals surface area contributed by atoms with Gasteiger partial charge in [-0.3, -0.25) is 4.79 Å². The van der Waals surface area contributed by atoms with Gasteiger partial charge in [0.2, 0.25) is 0 Å². The van der Waals surface area contributed by atoms with Gasteiger partial charge in [0.05, 0.1) is 14.2 Å². The molecule has 0 spiro atoms. The van der Waals surface area contributed by atoms with Crippen LogP contribution in [0.15, 0.2) is 18.2 Å². The minimum Gasteiger partial charge on any atom is -0.496 e. The van der Waals surface area contributed by atoms with Gasteiger partial charge < -0.3 is 15.2 Å². The van der Waals surface area contributed by atoms with Gasteiger partial charge in [0, 0.05) is 0 Å². The van der Waals surface area contributed by atoms with Gasteiger partial charge in [0.1, 0.15) is 11.8 Å². The van der Waals surface area contributed by atoms with Crippen molar-refractivity contribution in [2.75, 3.05) is 14.2 Å². The molecule has 0 amide bonds. The average Bonchev–Trinajstić information content (AvgIpc) is 2.43. The van der Waals surface area contributed by atoms with Crippen molar-refractivity contribution in [1.29, 1.82) is 0 Å². The Hall–Kier alpha value is -1.55. The predicted octanol–water partition coefficient (Wildman–Crippen LogP) is 2.25. The molecule has 1 atom stereocenters. The molecule has 0 radical (unpaired) electrons. The SMILES string of the molecule is COC(=O)C(N)CCc1ccc(OC)c(C(C)C)c1. The highest BCUT2D eigenvalue weighted by molar-refractivity contribution is 5.75. The zero-order chi connectivity index (χ0) is 14.4. The molecule has 0 heterocycles. The molecule has 2 N–H and O–H groups in total. The first-order valence-electron chi connectivity index (χ1n) is 6.49. The molecular weight excluding hydrogens is 242 g/mol. The van der Waals surface area contributed by atoms with Gasteiger partial charge in [-0.05, 0) is 36.0 Å². The summed E-state index contributed by atoms with van der Waals surface area (Å²) in [6, 6.07) is 5.53. The Bertz CT molecular complexity index is 429. The molecule has 0 aromatic heterocycles. The average molecular weight is 265 g/mol. The van der Waals surface area contributed by atoms with Crippen LogP contribution in [0.1, 0.15) is 37.3 Å². The van der Waals surface area contributed by atoms with Crippen LogP contribution < -0.4 is 10.5 Å². The summed E-state index contributed by atoms with van der Waals surface area (Å²) in [5.74, 6) is 0.929. The van der Waals surface area contributed by atoms with Crippen molar-refractivity contribution in [2.24, 2.45) is 5.73 Å². The molecule has 0 saturated carbocycles.